The molecule has 1 atom stereocenters. The van der Waals surface area contributed by atoms with Gasteiger partial charge in [0.15, 0.2) is 0 Å². The molecule has 0 heterocycles. The number of methoxy groups -OCH3 is 1. The first kappa shape index (κ1) is 16.5. The highest BCUT2D eigenvalue weighted by molar-refractivity contribution is 7.89. The Morgan fingerprint density at radius 3 is 2.50 bits per heavy atom. The number of benzene rings is 1. The highest BCUT2D eigenvalue weighted by atomic mass is 32.2. The second kappa shape index (κ2) is 7.88. The van der Waals surface area contributed by atoms with Crippen LogP contribution in [0.2, 0.25) is 0 Å². The normalized spacial score (nSPS) is 12.7. The number of nitrogens with one attached hydrogen (secondary N) is 1. The third-order valence-electron chi connectivity index (χ3n) is 2.95. The Hall–Kier alpha value is -1.58. The van der Waals surface area contributed by atoms with Crippen LogP contribution >= 0.6 is 0 Å². The lowest BCUT2D eigenvalue weighted by molar-refractivity contribution is 0.414. The van der Waals surface area contributed by atoms with Gasteiger partial charge in [0.25, 0.3) is 0 Å². The van der Waals surface area contributed by atoms with Crippen LogP contribution in [0.1, 0.15) is 37.8 Å². The van der Waals surface area contributed by atoms with Crippen LogP contribution in [-0.4, -0.2) is 21.3 Å². The van der Waals surface area contributed by atoms with E-state index in [0.717, 1.165) is 11.3 Å². The summed E-state index contributed by atoms with van der Waals surface area (Å²) in [6.45, 7) is 1.92. The lowest BCUT2D eigenvalue weighted by Crippen LogP contribution is -2.30. The van der Waals surface area contributed by atoms with Gasteiger partial charge in [-0.3, -0.25) is 0 Å². The molecule has 0 amide bonds. The average Bonchev–Trinajstić information content (AvgIpc) is 2.45. The van der Waals surface area contributed by atoms with Gasteiger partial charge in [0.05, 0.1) is 18.9 Å². The molecular weight excluding hydrogens is 276 g/mol. The summed E-state index contributed by atoms with van der Waals surface area (Å²) in [6, 6.07) is 9.01. The van der Waals surface area contributed by atoms with E-state index in [2.05, 4.69) is 4.72 Å². The highest BCUT2D eigenvalue weighted by Gasteiger charge is 2.17. The van der Waals surface area contributed by atoms with E-state index in [-0.39, 0.29) is 18.2 Å². The van der Waals surface area contributed by atoms with Crippen molar-refractivity contribution in [2.24, 2.45) is 0 Å². The minimum absolute atomic E-state index is 0.0206. The molecule has 1 rings (SSSR count). The minimum atomic E-state index is -3.36. The lowest BCUT2D eigenvalue weighted by atomic mass is 10.1. The molecule has 20 heavy (non-hydrogen) atoms. The fraction of sp³-hybridized carbons (Fsp3) is 0.500. The van der Waals surface area contributed by atoms with Gasteiger partial charge < -0.3 is 4.74 Å². The molecule has 1 aromatic carbocycles. The molecule has 0 aromatic heterocycles. The van der Waals surface area contributed by atoms with Gasteiger partial charge in [0.2, 0.25) is 10.0 Å². The Labute approximate surface area is 120 Å². The first-order valence-corrected chi connectivity index (χ1v) is 8.18. The molecule has 6 heteroatoms. The fourth-order valence-corrected chi connectivity index (χ4v) is 3.22. The second-order valence-electron chi connectivity index (χ2n) is 4.43. The third-order valence-corrected chi connectivity index (χ3v) is 4.42. The predicted molar refractivity (Wildman–Crippen MR) is 77.8 cm³/mol. The van der Waals surface area contributed by atoms with Gasteiger partial charge in [-0.15, -0.1) is 0 Å². The van der Waals surface area contributed by atoms with Crippen molar-refractivity contribution in [3.8, 4) is 11.8 Å². The van der Waals surface area contributed by atoms with E-state index in [9.17, 15) is 8.42 Å². The van der Waals surface area contributed by atoms with Gasteiger partial charge in [-0.05, 0) is 30.5 Å². The van der Waals surface area contributed by atoms with Crippen molar-refractivity contribution in [2.75, 3.05) is 12.9 Å². The molecule has 1 aromatic rings. The molecule has 0 unspecified atom stereocenters. The van der Waals surface area contributed by atoms with Crippen LogP contribution in [0.15, 0.2) is 24.3 Å². The number of ether oxygens (including phenoxy) is 1. The zero-order chi connectivity index (χ0) is 15.0. The molecular formula is C14H20N2O3S. The Morgan fingerprint density at radius 2 is 2.00 bits per heavy atom. The van der Waals surface area contributed by atoms with Gasteiger partial charge in [-0.25, -0.2) is 13.1 Å². The number of nitrogens with zero attached hydrogens (tertiary/aromatic N) is 1. The van der Waals surface area contributed by atoms with E-state index >= 15 is 0 Å². The Bertz CT molecular complexity index is 547. The molecule has 0 fully saturated rings. The quantitative estimate of drug-likeness (QED) is 0.747. The van der Waals surface area contributed by atoms with Crippen LogP contribution in [0.3, 0.4) is 0 Å². The Kier molecular flexibility index (Phi) is 6.49. The van der Waals surface area contributed by atoms with Gasteiger partial charge in [-0.1, -0.05) is 19.1 Å². The van der Waals surface area contributed by atoms with E-state index in [1.165, 1.54) is 0 Å². The summed E-state index contributed by atoms with van der Waals surface area (Å²) < 4.78 is 31.6. The van der Waals surface area contributed by atoms with Gasteiger partial charge in [-0.2, -0.15) is 5.26 Å². The summed E-state index contributed by atoms with van der Waals surface area (Å²) in [7, 11) is -1.77. The zero-order valence-electron chi connectivity index (χ0n) is 11.8. The van der Waals surface area contributed by atoms with E-state index in [4.69, 9.17) is 10.00 Å². The third kappa shape index (κ3) is 5.19. The lowest BCUT2D eigenvalue weighted by Gasteiger charge is -2.17. The molecule has 0 bridgehead atoms. The SMILES string of the molecule is CC[C@@H](NS(=O)(=O)CCCC#N)c1ccc(OC)cc1. The van der Waals surface area contributed by atoms with E-state index in [0.29, 0.717) is 12.8 Å². The van der Waals surface area contributed by atoms with Crippen molar-refractivity contribution in [1.29, 1.82) is 5.26 Å². The Balaban J connectivity index is 2.73. The predicted octanol–water partition coefficient (Wildman–Crippen LogP) is 2.37. The maximum Gasteiger partial charge on any atom is 0.212 e. The minimum Gasteiger partial charge on any atom is -0.497 e. The van der Waals surface area contributed by atoms with Crippen LogP contribution in [0.5, 0.6) is 5.75 Å². The summed E-state index contributed by atoms with van der Waals surface area (Å²) >= 11 is 0. The summed E-state index contributed by atoms with van der Waals surface area (Å²) in [5.74, 6) is 0.716. The molecule has 0 saturated carbocycles. The smallest absolute Gasteiger partial charge is 0.212 e. The fourth-order valence-electron chi connectivity index (χ4n) is 1.84. The zero-order valence-corrected chi connectivity index (χ0v) is 12.6. The molecule has 0 saturated heterocycles. The summed E-state index contributed by atoms with van der Waals surface area (Å²) in [5, 5.41) is 8.44. The summed E-state index contributed by atoms with van der Waals surface area (Å²) in [6.07, 6.45) is 1.26. The largest absolute Gasteiger partial charge is 0.497 e. The van der Waals surface area contributed by atoms with E-state index in [1.807, 2.05) is 37.3 Å². The standard InChI is InChI=1S/C14H20N2O3S/c1-3-14(12-6-8-13(19-2)9-7-12)16-20(17,18)11-5-4-10-15/h6-9,14,16H,3-5,11H2,1-2H3/t14-/m1/s1. The van der Waals surface area contributed by atoms with E-state index in [1.54, 1.807) is 7.11 Å². The molecule has 0 spiro atoms. The van der Waals surface area contributed by atoms with Crippen LogP contribution in [0.25, 0.3) is 0 Å². The van der Waals surface area contributed by atoms with Crippen molar-refractivity contribution < 1.29 is 13.2 Å². The first-order chi connectivity index (χ1) is 9.52. The summed E-state index contributed by atoms with van der Waals surface area (Å²) in [5.41, 5.74) is 0.900. The Morgan fingerprint density at radius 1 is 1.35 bits per heavy atom. The first-order valence-electron chi connectivity index (χ1n) is 6.53. The van der Waals surface area contributed by atoms with Crippen LogP contribution in [0, 0.1) is 11.3 Å². The van der Waals surface area contributed by atoms with Gasteiger partial charge >= 0.3 is 0 Å². The van der Waals surface area contributed by atoms with Crippen LogP contribution in [-0.2, 0) is 10.0 Å². The topological polar surface area (TPSA) is 79.2 Å². The van der Waals surface area contributed by atoms with Crippen LogP contribution in [0.4, 0.5) is 0 Å². The van der Waals surface area contributed by atoms with Gasteiger partial charge in [0.1, 0.15) is 5.75 Å². The number of nitriles is 1. The maximum atomic E-state index is 11.9. The molecule has 110 valence electrons. The van der Waals surface area contributed by atoms with Crippen molar-refractivity contribution in [2.45, 2.75) is 32.2 Å². The second-order valence-corrected chi connectivity index (χ2v) is 6.31. The molecule has 0 radical (unpaired) electrons. The van der Waals surface area contributed by atoms with Crippen molar-refractivity contribution >= 4 is 10.0 Å². The number of hydrogen-bond donors (Lipinski definition) is 1. The molecule has 1 N–H and O–H groups in total. The number of rotatable bonds is 8. The number of unbranched alkanes of at least 4 members (excludes halogenated alkanes) is 1. The number of sulfonamides is 1. The molecule has 0 aliphatic heterocycles. The monoisotopic (exact) mass is 296 g/mol. The average molecular weight is 296 g/mol. The van der Waals surface area contributed by atoms with E-state index < -0.39 is 10.0 Å². The van der Waals surface area contributed by atoms with Crippen molar-refractivity contribution in [3.63, 3.8) is 0 Å². The number of hydrogen-bond acceptors (Lipinski definition) is 4. The van der Waals surface area contributed by atoms with Crippen LogP contribution < -0.4 is 9.46 Å². The molecule has 0 aliphatic rings. The van der Waals surface area contributed by atoms with Gasteiger partial charge in [0, 0.05) is 12.5 Å². The maximum absolute atomic E-state index is 11.9. The van der Waals surface area contributed by atoms with Crippen molar-refractivity contribution in [1.82, 2.24) is 4.72 Å². The highest BCUT2D eigenvalue weighted by Crippen LogP contribution is 2.21. The molecule has 5 nitrogen and oxygen atoms in total. The molecule has 0 aliphatic carbocycles. The summed E-state index contributed by atoms with van der Waals surface area (Å²) in [4.78, 5) is 0. The van der Waals surface area contributed by atoms with Crippen molar-refractivity contribution in [3.05, 3.63) is 29.8 Å².